The van der Waals surface area contributed by atoms with Crippen molar-refractivity contribution < 1.29 is 40.8 Å². The maximum absolute atomic E-state index is 13.3. The van der Waals surface area contributed by atoms with E-state index in [0.717, 1.165) is 0 Å². The van der Waals surface area contributed by atoms with Gasteiger partial charge in [-0.1, -0.05) is 12.1 Å². The lowest BCUT2D eigenvalue weighted by Gasteiger charge is -2.32. The van der Waals surface area contributed by atoms with E-state index in [9.17, 15) is 31.4 Å². The van der Waals surface area contributed by atoms with Crippen LogP contribution in [0.2, 0.25) is 0 Å². The van der Waals surface area contributed by atoms with Crippen molar-refractivity contribution in [3.05, 3.63) is 40.4 Å². The number of aliphatic hydroxyl groups is 1. The van der Waals surface area contributed by atoms with Crippen molar-refractivity contribution in [2.75, 3.05) is 6.61 Å². The van der Waals surface area contributed by atoms with Crippen molar-refractivity contribution in [3.63, 3.8) is 0 Å². The minimum absolute atomic E-state index is 0.240. The minimum Gasteiger partial charge on any atom is -0.400 e. The SMILES string of the molecule is CC1(C)OB(C(=Cc2c(C(F)(F)F)cccc2C(F)(F)F)CO)OC1(C)C. The van der Waals surface area contributed by atoms with Gasteiger partial charge >= 0.3 is 19.5 Å². The second-order valence-electron chi connectivity index (χ2n) is 7.23. The Morgan fingerprint density at radius 2 is 1.37 bits per heavy atom. The molecular formula is C17H19BF6O3. The number of hydrogen-bond acceptors (Lipinski definition) is 3. The smallest absolute Gasteiger partial charge is 0.400 e. The molecule has 1 aromatic carbocycles. The zero-order valence-electron chi connectivity index (χ0n) is 15.1. The highest BCUT2D eigenvalue weighted by Crippen LogP contribution is 2.42. The third-order valence-corrected chi connectivity index (χ3v) is 4.79. The van der Waals surface area contributed by atoms with Crippen LogP contribution in [0.5, 0.6) is 0 Å². The second-order valence-corrected chi connectivity index (χ2v) is 7.23. The first-order chi connectivity index (χ1) is 12.1. The van der Waals surface area contributed by atoms with E-state index in [-0.39, 0.29) is 5.47 Å². The van der Waals surface area contributed by atoms with Crippen LogP contribution in [-0.4, -0.2) is 30.0 Å². The van der Waals surface area contributed by atoms with Gasteiger partial charge in [0.05, 0.1) is 28.9 Å². The molecule has 1 heterocycles. The molecule has 10 heteroatoms. The summed E-state index contributed by atoms with van der Waals surface area (Å²) >= 11 is 0. The molecule has 1 N–H and O–H groups in total. The van der Waals surface area contributed by atoms with Crippen LogP contribution in [0.15, 0.2) is 23.7 Å². The Kier molecular flexibility index (Phi) is 5.51. The average Bonchev–Trinajstić information content (AvgIpc) is 2.70. The number of alkyl halides is 6. The Labute approximate surface area is 153 Å². The summed E-state index contributed by atoms with van der Waals surface area (Å²) in [4.78, 5) is 0. The Hall–Kier alpha value is -1.52. The van der Waals surface area contributed by atoms with E-state index in [1.807, 2.05) is 0 Å². The molecule has 0 unspecified atom stereocenters. The molecule has 0 radical (unpaired) electrons. The monoisotopic (exact) mass is 396 g/mol. The third kappa shape index (κ3) is 4.33. The second kappa shape index (κ2) is 6.82. The molecule has 27 heavy (non-hydrogen) atoms. The van der Waals surface area contributed by atoms with Gasteiger partial charge in [0.1, 0.15) is 0 Å². The summed E-state index contributed by atoms with van der Waals surface area (Å²) in [7, 11) is -1.28. The first-order valence-electron chi connectivity index (χ1n) is 8.04. The highest BCUT2D eigenvalue weighted by Gasteiger charge is 2.52. The van der Waals surface area contributed by atoms with Crippen molar-refractivity contribution in [2.45, 2.75) is 51.2 Å². The molecule has 0 saturated carbocycles. The zero-order valence-corrected chi connectivity index (χ0v) is 15.1. The Balaban J connectivity index is 2.62. The maximum Gasteiger partial charge on any atom is 0.492 e. The average molecular weight is 396 g/mol. The molecule has 3 nitrogen and oxygen atoms in total. The van der Waals surface area contributed by atoms with Crippen LogP contribution in [0.4, 0.5) is 26.3 Å². The fourth-order valence-corrected chi connectivity index (χ4v) is 2.58. The number of hydrogen-bond donors (Lipinski definition) is 1. The highest BCUT2D eigenvalue weighted by molar-refractivity contribution is 6.55. The van der Waals surface area contributed by atoms with Crippen LogP contribution < -0.4 is 0 Å². The Bertz CT molecular complexity index is 689. The van der Waals surface area contributed by atoms with Crippen molar-refractivity contribution >= 4 is 13.2 Å². The minimum atomic E-state index is -5.01. The number of halogens is 6. The molecule has 1 aromatic rings. The predicted molar refractivity (Wildman–Crippen MR) is 87.6 cm³/mol. The summed E-state index contributed by atoms with van der Waals surface area (Å²) in [6.45, 7) is 5.86. The fraction of sp³-hybridized carbons (Fsp3) is 0.529. The van der Waals surface area contributed by atoms with E-state index in [2.05, 4.69) is 0 Å². The van der Waals surface area contributed by atoms with Gasteiger partial charge in [-0.25, -0.2) is 0 Å². The molecule has 0 atom stereocenters. The lowest BCUT2D eigenvalue weighted by Crippen LogP contribution is -2.41. The maximum atomic E-state index is 13.3. The summed E-state index contributed by atoms with van der Waals surface area (Å²) in [5.74, 6) is 0. The molecule has 0 aliphatic carbocycles. The van der Waals surface area contributed by atoms with Crippen molar-refractivity contribution in [3.8, 4) is 0 Å². The first kappa shape index (κ1) is 21.8. The molecule has 1 aliphatic heterocycles. The quantitative estimate of drug-likeness (QED) is 0.593. The molecular weight excluding hydrogens is 377 g/mol. The van der Waals surface area contributed by atoms with Gasteiger partial charge in [0.15, 0.2) is 0 Å². The summed E-state index contributed by atoms with van der Waals surface area (Å²) in [5, 5.41) is 9.58. The molecule has 0 spiro atoms. The Morgan fingerprint density at radius 3 is 1.70 bits per heavy atom. The van der Waals surface area contributed by atoms with Crippen LogP contribution in [0, 0.1) is 0 Å². The van der Waals surface area contributed by atoms with E-state index in [1.54, 1.807) is 27.7 Å². The molecule has 2 rings (SSSR count). The lowest BCUT2D eigenvalue weighted by atomic mass is 9.76. The first-order valence-corrected chi connectivity index (χ1v) is 8.04. The van der Waals surface area contributed by atoms with Crippen LogP contribution in [0.3, 0.4) is 0 Å². The summed E-state index contributed by atoms with van der Waals surface area (Å²) in [6.07, 6.45) is -9.37. The third-order valence-electron chi connectivity index (χ3n) is 4.79. The van der Waals surface area contributed by atoms with Gasteiger partial charge in [0, 0.05) is 0 Å². The van der Waals surface area contributed by atoms with Gasteiger partial charge in [-0.3, -0.25) is 0 Å². The summed E-state index contributed by atoms with van der Waals surface area (Å²) in [6, 6.07) is 1.80. The van der Waals surface area contributed by atoms with E-state index in [0.29, 0.717) is 24.3 Å². The highest BCUT2D eigenvalue weighted by atomic mass is 19.4. The van der Waals surface area contributed by atoms with Crippen molar-refractivity contribution in [2.24, 2.45) is 0 Å². The molecule has 1 fully saturated rings. The van der Waals surface area contributed by atoms with Gasteiger partial charge in [0.2, 0.25) is 0 Å². The number of rotatable bonds is 3. The summed E-state index contributed by atoms with van der Waals surface area (Å²) in [5.41, 5.74) is -5.99. The van der Waals surface area contributed by atoms with Gasteiger partial charge in [-0.2, -0.15) is 26.3 Å². The lowest BCUT2D eigenvalue weighted by molar-refractivity contribution is -0.143. The van der Waals surface area contributed by atoms with Crippen LogP contribution >= 0.6 is 0 Å². The standard InChI is InChI=1S/C17H19BF6O3/c1-14(2)15(3,4)27-18(26-14)10(9-25)8-11-12(16(19,20)21)6-5-7-13(11)17(22,23)24/h5-8,25H,9H2,1-4H3. The Morgan fingerprint density at radius 1 is 0.963 bits per heavy atom. The molecule has 0 amide bonds. The molecule has 150 valence electrons. The molecule has 1 saturated heterocycles. The van der Waals surface area contributed by atoms with E-state index in [4.69, 9.17) is 9.31 Å². The summed E-state index contributed by atoms with van der Waals surface area (Å²) < 4.78 is 90.9. The number of benzene rings is 1. The number of aliphatic hydroxyl groups excluding tert-OH is 1. The van der Waals surface area contributed by atoms with Crippen molar-refractivity contribution in [1.82, 2.24) is 0 Å². The molecule has 0 bridgehead atoms. The molecule has 0 aromatic heterocycles. The zero-order chi connectivity index (χ0) is 20.8. The topological polar surface area (TPSA) is 38.7 Å². The van der Waals surface area contributed by atoms with Gasteiger partial charge < -0.3 is 14.4 Å². The van der Waals surface area contributed by atoms with Crippen LogP contribution in [0.1, 0.15) is 44.4 Å². The van der Waals surface area contributed by atoms with E-state index in [1.165, 1.54) is 0 Å². The largest absolute Gasteiger partial charge is 0.492 e. The van der Waals surface area contributed by atoms with E-state index >= 15 is 0 Å². The van der Waals surface area contributed by atoms with Crippen LogP contribution in [-0.2, 0) is 21.7 Å². The fourth-order valence-electron chi connectivity index (χ4n) is 2.58. The van der Waals surface area contributed by atoms with Crippen molar-refractivity contribution in [1.29, 1.82) is 0 Å². The normalized spacial score (nSPS) is 20.3. The predicted octanol–water partition coefficient (Wildman–Crippen LogP) is 4.73. The van der Waals surface area contributed by atoms with Crippen LogP contribution in [0.25, 0.3) is 6.08 Å². The van der Waals surface area contributed by atoms with Gasteiger partial charge in [0.25, 0.3) is 0 Å². The van der Waals surface area contributed by atoms with Gasteiger partial charge in [-0.05, 0) is 50.9 Å². The van der Waals surface area contributed by atoms with E-state index < -0.39 is 54.0 Å². The molecule has 1 aliphatic rings. The van der Waals surface area contributed by atoms with Gasteiger partial charge in [-0.15, -0.1) is 0 Å².